The lowest BCUT2D eigenvalue weighted by Crippen LogP contribution is -2.29. The van der Waals surface area contributed by atoms with Gasteiger partial charge in [-0.05, 0) is 38.0 Å². The Balaban J connectivity index is 2.48. The largest absolute Gasteiger partial charge is 0.271 e. The lowest BCUT2D eigenvalue weighted by atomic mass is 9.97. The van der Waals surface area contributed by atoms with Crippen LogP contribution in [0.3, 0.4) is 0 Å². The zero-order valence-electron chi connectivity index (χ0n) is 10.9. The summed E-state index contributed by atoms with van der Waals surface area (Å²) in [5.41, 5.74) is 8.06. The van der Waals surface area contributed by atoms with Crippen LogP contribution in [0.15, 0.2) is 30.3 Å². The minimum absolute atomic E-state index is 0.0564. The van der Waals surface area contributed by atoms with Crippen LogP contribution in [0.25, 0.3) is 0 Å². The summed E-state index contributed by atoms with van der Waals surface area (Å²) >= 11 is 0. The fraction of sp³-hybridized carbons (Fsp3) is 0.286. The first kappa shape index (κ1) is 12.7. The second kappa shape index (κ2) is 5.25. The van der Waals surface area contributed by atoms with Crippen LogP contribution in [-0.4, -0.2) is 10.2 Å². The van der Waals surface area contributed by atoms with Crippen LogP contribution in [-0.2, 0) is 0 Å². The number of hydrogen-bond donors (Lipinski definition) is 2. The number of rotatable bonds is 3. The van der Waals surface area contributed by atoms with Crippen molar-refractivity contribution < 1.29 is 0 Å². The van der Waals surface area contributed by atoms with E-state index in [2.05, 4.69) is 40.7 Å². The first-order valence-electron chi connectivity index (χ1n) is 5.95. The molecule has 94 valence electrons. The highest BCUT2D eigenvalue weighted by Gasteiger charge is 2.16. The molecule has 1 atom stereocenters. The summed E-state index contributed by atoms with van der Waals surface area (Å²) in [6.07, 6.45) is 0. The Morgan fingerprint density at radius 3 is 2.56 bits per heavy atom. The van der Waals surface area contributed by atoms with Gasteiger partial charge < -0.3 is 0 Å². The van der Waals surface area contributed by atoms with Crippen molar-refractivity contribution in [2.45, 2.75) is 26.8 Å². The van der Waals surface area contributed by atoms with E-state index in [-0.39, 0.29) is 6.04 Å². The predicted octanol–water partition coefficient (Wildman–Crippen LogP) is 1.95. The van der Waals surface area contributed by atoms with Crippen molar-refractivity contribution in [2.75, 3.05) is 0 Å². The van der Waals surface area contributed by atoms with Crippen molar-refractivity contribution in [3.63, 3.8) is 0 Å². The van der Waals surface area contributed by atoms with Crippen LogP contribution in [0.5, 0.6) is 0 Å². The van der Waals surface area contributed by atoms with E-state index < -0.39 is 0 Å². The fourth-order valence-electron chi connectivity index (χ4n) is 2.08. The lowest BCUT2D eigenvalue weighted by molar-refractivity contribution is 0.625. The third-order valence-corrected chi connectivity index (χ3v) is 2.99. The van der Waals surface area contributed by atoms with E-state index in [4.69, 9.17) is 5.84 Å². The van der Waals surface area contributed by atoms with Crippen molar-refractivity contribution in [2.24, 2.45) is 5.84 Å². The second-order valence-electron chi connectivity index (χ2n) is 4.54. The average Bonchev–Trinajstić information content (AvgIpc) is 2.35. The third kappa shape index (κ3) is 2.55. The van der Waals surface area contributed by atoms with E-state index in [0.717, 1.165) is 22.5 Å². The van der Waals surface area contributed by atoms with Gasteiger partial charge in [-0.25, -0.2) is 5.43 Å². The van der Waals surface area contributed by atoms with Gasteiger partial charge in [-0.2, -0.15) is 10.2 Å². The molecule has 0 radical (unpaired) electrons. The van der Waals surface area contributed by atoms with Gasteiger partial charge in [-0.1, -0.05) is 29.8 Å². The summed E-state index contributed by atoms with van der Waals surface area (Å²) in [4.78, 5) is 0. The van der Waals surface area contributed by atoms with Gasteiger partial charge in [0.05, 0.1) is 17.4 Å². The third-order valence-electron chi connectivity index (χ3n) is 2.99. The molecule has 0 aliphatic carbocycles. The molecule has 4 heteroatoms. The normalized spacial score (nSPS) is 12.4. The van der Waals surface area contributed by atoms with E-state index in [1.165, 1.54) is 5.56 Å². The molecule has 0 amide bonds. The van der Waals surface area contributed by atoms with E-state index in [1.807, 2.05) is 26.0 Å². The standard InChI is InChI=1S/C14H18N4/c1-9-5-4-6-12(7-9)14(16-15)13-8-10(2)17-18-11(13)3/h4-8,14,16H,15H2,1-3H3. The minimum atomic E-state index is -0.0564. The number of nitrogens with two attached hydrogens (primary N) is 1. The maximum absolute atomic E-state index is 5.71. The van der Waals surface area contributed by atoms with Gasteiger partial charge in [0, 0.05) is 0 Å². The molecule has 18 heavy (non-hydrogen) atoms. The molecule has 0 saturated heterocycles. The summed E-state index contributed by atoms with van der Waals surface area (Å²) in [6.45, 7) is 5.95. The highest BCUT2D eigenvalue weighted by atomic mass is 15.2. The summed E-state index contributed by atoms with van der Waals surface area (Å²) in [7, 11) is 0. The number of hydrogen-bond acceptors (Lipinski definition) is 4. The highest BCUT2D eigenvalue weighted by molar-refractivity contribution is 5.35. The molecular formula is C14H18N4. The van der Waals surface area contributed by atoms with Crippen LogP contribution in [0.4, 0.5) is 0 Å². The molecule has 0 aliphatic heterocycles. The van der Waals surface area contributed by atoms with Crippen LogP contribution >= 0.6 is 0 Å². The maximum atomic E-state index is 5.71. The molecule has 0 aliphatic rings. The second-order valence-corrected chi connectivity index (χ2v) is 4.54. The first-order valence-corrected chi connectivity index (χ1v) is 5.95. The zero-order chi connectivity index (χ0) is 13.1. The van der Waals surface area contributed by atoms with Crippen molar-refractivity contribution in [1.29, 1.82) is 0 Å². The Kier molecular flexibility index (Phi) is 3.69. The summed E-state index contributed by atoms with van der Waals surface area (Å²) in [5, 5.41) is 8.20. The molecule has 1 aromatic heterocycles. The maximum Gasteiger partial charge on any atom is 0.0729 e. The van der Waals surface area contributed by atoms with Crippen molar-refractivity contribution in [3.8, 4) is 0 Å². The van der Waals surface area contributed by atoms with Gasteiger partial charge in [0.1, 0.15) is 0 Å². The fourth-order valence-corrected chi connectivity index (χ4v) is 2.08. The number of hydrazine groups is 1. The molecule has 0 fully saturated rings. The Labute approximate surface area is 107 Å². The number of nitrogens with one attached hydrogen (secondary N) is 1. The van der Waals surface area contributed by atoms with Crippen LogP contribution in [0.1, 0.15) is 34.1 Å². The SMILES string of the molecule is Cc1cccc(C(NN)c2cc(C)nnc2C)c1. The number of benzene rings is 1. The molecule has 0 spiro atoms. The number of aryl methyl sites for hydroxylation is 3. The molecule has 4 nitrogen and oxygen atoms in total. The first-order chi connectivity index (χ1) is 8.61. The van der Waals surface area contributed by atoms with Gasteiger partial charge in [-0.15, -0.1) is 0 Å². The molecular weight excluding hydrogens is 224 g/mol. The molecule has 0 bridgehead atoms. The van der Waals surface area contributed by atoms with E-state index >= 15 is 0 Å². The van der Waals surface area contributed by atoms with E-state index in [0.29, 0.717) is 0 Å². The van der Waals surface area contributed by atoms with Crippen LogP contribution in [0, 0.1) is 20.8 Å². The molecule has 1 heterocycles. The van der Waals surface area contributed by atoms with E-state index in [9.17, 15) is 0 Å². The summed E-state index contributed by atoms with van der Waals surface area (Å²) in [5.74, 6) is 5.71. The Bertz CT molecular complexity index is 551. The van der Waals surface area contributed by atoms with Crippen molar-refractivity contribution in [3.05, 3.63) is 58.4 Å². The number of aromatic nitrogens is 2. The monoisotopic (exact) mass is 242 g/mol. The number of nitrogens with zero attached hydrogens (tertiary/aromatic N) is 2. The molecule has 1 aromatic carbocycles. The highest BCUT2D eigenvalue weighted by Crippen LogP contribution is 2.24. The summed E-state index contributed by atoms with van der Waals surface area (Å²) in [6, 6.07) is 10.3. The Hall–Kier alpha value is -1.78. The Morgan fingerprint density at radius 2 is 1.89 bits per heavy atom. The van der Waals surface area contributed by atoms with Gasteiger partial charge >= 0.3 is 0 Å². The molecule has 2 aromatic rings. The molecule has 2 rings (SSSR count). The summed E-state index contributed by atoms with van der Waals surface area (Å²) < 4.78 is 0. The quantitative estimate of drug-likeness (QED) is 0.638. The zero-order valence-corrected chi connectivity index (χ0v) is 10.9. The Morgan fingerprint density at radius 1 is 1.11 bits per heavy atom. The van der Waals surface area contributed by atoms with Crippen LogP contribution < -0.4 is 11.3 Å². The van der Waals surface area contributed by atoms with Gasteiger partial charge in [-0.3, -0.25) is 5.84 Å². The molecule has 3 N–H and O–H groups in total. The van der Waals surface area contributed by atoms with Crippen molar-refractivity contribution >= 4 is 0 Å². The van der Waals surface area contributed by atoms with Crippen molar-refractivity contribution in [1.82, 2.24) is 15.6 Å². The van der Waals surface area contributed by atoms with Gasteiger partial charge in [0.2, 0.25) is 0 Å². The predicted molar refractivity (Wildman–Crippen MR) is 71.9 cm³/mol. The average molecular weight is 242 g/mol. The smallest absolute Gasteiger partial charge is 0.0729 e. The minimum Gasteiger partial charge on any atom is -0.271 e. The topological polar surface area (TPSA) is 63.8 Å². The van der Waals surface area contributed by atoms with E-state index in [1.54, 1.807) is 0 Å². The van der Waals surface area contributed by atoms with Gasteiger partial charge in [0.25, 0.3) is 0 Å². The lowest BCUT2D eigenvalue weighted by Gasteiger charge is -2.19. The molecule has 1 unspecified atom stereocenters. The molecule has 0 saturated carbocycles. The van der Waals surface area contributed by atoms with Crippen LogP contribution in [0.2, 0.25) is 0 Å². The van der Waals surface area contributed by atoms with Gasteiger partial charge in [0.15, 0.2) is 0 Å².